The summed E-state index contributed by atoms with van der Waals surface area (Å²) in [6.07, 6.45) is 1.61. The van der Waals surface area contributed by atoms with Gasteiger partial charge in [-0.05, 0) is 24.2 Å². The van der Waals surface area contributed by atoms with Crippen molar-refractivity contribution in [3.8, 4) is 0 Å². The van der Waals surface area contributed by atoms with Gasteiger partial charge in [-0.2, -0.15) is 0 Å². The van der Waals surface area contributed by atoms with Crippen LogP contribution >= 0.6 is 0 Å². The van der Waals surface area contributed by atoms with Gasteiger partial charge in [0, 0.05) is 6.42 Å². The van der Waals surface area contributed by atoms with Crippen molar-refractivity contribution in [1.82, 2.24) is 5.32 Å². The van der Waals surface area contributed by atoms with Gasteiger partial charge in [-0.25, -0.2) is 4.79 Å². The van der Waals surface area contributed by atoms with Crippen LogP contribution in [0.15, 0.2) is 0 Å². The van der Waals surface area contributed by atoms with Gasteiger partial charge in [0.15, 0.2) is 0 Å². The van der Waals surface area contributed by atoms with Gasteiger partial charge in [0.05, 0.1) is 0 Å². The van der Waals surface area contributed by atoms with Crippen molar-refractivity contribution in [3.05, 3.63) is 0 Å². The third kappa shape index (κ3) is 8.72. The Morgan fingerprint density at radius 1 is 1.24 bits per heavy atom. The highest BCUT2D eigenvalue weighted by molar-refractivity contribution is 5.83. The van der Waals surface area contributed by atoms with E-state index in [0.717, 1.165) is 6.42 Å². The first-order valence-electron chi connectivity index (χ1n) is 6.14. The normalized spacial score (nSPS) is 13.5. The Morgan fingerprint density at radius 2 is 1.76 bits per heavy atom. The van der Waals surface area contributed by atoms with E-state index in [0.29, 0.717) is 12.8 Å². The molecule has 0 spiro atoms. The van der Waals surface area contributed by atoms with Crippen LogP contribution in [0.1, 0.15) is 53.9 Å². The molecule has 17 heavy (non-hydrogen) atoms. The fourth-order valence-electron chi connectivity index (χ4n) is 1.45. The lowest BCUT2D eigenvalue weighted by atomic mass is 9.90. The number of carboxylic acids is 1. The summed E-state index contributed by atoms with van der Waals surface area (Å²) in [6, 6.07) is -0.762. The smallest absolute Gasteiger partial charge is 0.326 e. The highest BCUT2D eigenvalue weighted by atomic mass is 16.4. The average Bonchev–Trinajstić information content (AvgIpc) is 2.11. The maximum atomic E-state index is 11.6. The number of carbonyl (C=O) groups excluding carboxylic acids is 1. The van der Waals surface area contributed by atoms with Crippen molar-refractivity contribution in [1.29, 1.82) is 0 Å². The molecule has 0 unspecified atom stereocenters. The minimum absolute atomic E-state index is 0.0914. The Hall–Kier alpha value is -1.06. The summed E-state index contributed by atoms with van der Waals surface area (Å²) in [4.78, 5) is 22.6. The van der Waals surface area contributed by atoms with Gasteiger partial charge < -0.3 is 10.4 Å². The Labute approximate surface area is 104 Å². The van der Waals surface area contributed by atoms with Crippen LogP contribution in [0.2, 0.25) is 0 Å². The molecule has 1 amide bonds. The molecule has 0 radical (unpaired) electrons. The molecule has 0 aliphatic rings. The van der Waals surface area contributed by atoms with Crippen LogP contribution in [0.25, 0.3) is 0 Å². The Bertz CT molecular complexity index is 266. The van der Waals surface area contributed by atoms with Crippen LogP contribution in [0.4, 0.5) is 0 Å². The number of carbonyl (C=O) groups is 2. The van der Waals surface area contributed by atoms with Gasteiger partial charge in [-0.1, -0.05) is 34.6 Å². The lowest BCUT2D eigenvalue weighted by molar-refractivity contribution is -0.142. The number of aliphatic carboxylic acids is 1. The molecule has 0 fully saturated rings. The second kappa shape index (κ2) is 6.62. The zero-order valence-corrected chi connectivity index (χ0v) is 11.5. The molecule has 0 saturated heterocycles. The summed E-state index contributed by atoms with van der Waals surface area (Å²) < 4.78 is 0. The van der Waals surface area contributed by atoms with Gasteiger partial charge in [0.25, 0.3) is 0 Å². The molecule has 100 valence electrons. The van der Waals surface area contributed by atoms with Crippen molar-refractivity contribution < 1.29 is 14.7 Å². The van der Waals surface area contributed by atoms with Gasteiger partial charge in [-0.15, -0.1) is 0 Å². The highest BCUT2D eigenvalue weighted by Crippen LogP contribution is 2.20. The second-order valence-corrected chi connectivity index (χ2v) is 6.15. The molecule has 0 saturated carbocycles. The number of carboxylic acid groups (broad SMARTS) is 1. The topological polar surface area (TPSA) is 66.4 Å². The first-order valence-corrected chi connectivity index (χ1v) is 6.14. The first-order chi connectivity index (χ1) is 7.61. The zero-order valence-electron chi connectivity index (χ0n) is 11.5. The van der Waals surface area contributed by atoms with Crippen LogP contribution in [-0.4, -0.2) is 23.0 Å². The lowest BCUT2D eigenvalue weighted by Crippen LogP contribution is -2.41. The number of nitrogens with one attached hydrogen (secondary N) is 1. The van der Waals surface area contributed by atoms with Crippen molar-refractivity contribution in [2.45, 2.75) is 59.9 Å². The van der Waals surface area contributed by atoms with Crippen molar-refractivity contribution in [2.75, 3.05) is 0 Å². The Balaban J connectivity index is 4.18. The quantitative estimate of drug-likeness (QED) is 0.753. The van der Waals surface area contributed by atoms with E-state index in [4.69, 9.17) is 5.11 Å². The molecule has 0 aromatic heterocycles. The predicted octanol–water partition coefficient (Wildman–Crippen LogP) is 2.43. The van der Waals surface area contributed by atoms with Crippen molar-refractivity contribution in [3.63, 3.8) is 0 Å². The van der Waals surface area contributed by atoms with E-state index in [9.17, 15) is 9.59 Å². The SMILES string of the molecule is CC(C)C[C@H](NC(=O)CCC(C)(C)C)C(=O)O. The van der Waals surface area contributed by atoms with E-state index in [2.05, 4.69) is 26.1 Å². The van der Waals surface area contributed by atoms with Crippen LogP contribution in [0, 0.1) is 11.3 Å². The molecule has 0 aliphatic heterocycles. The van der Waals surface area contributed by atoms with E-state index in [1.807, 2.05) is 13.8 Å². The minimum Gasteiger partial charge on any atom is -0.480 e. The molecule has 0 bridgehead atoms. The highest BCUT2D eigenvalue weighted by Gasteiger charge is 2.21. The molecule has 0 aromatic carbocycles. The maximum absolute atomic E-state index is 11.6. The van der Waals surface area contributed by atoms with E-state index < -0.39 is 12.0 Å². The summed E-state index contributed by atoms with van der Waals surface area (Å²) >= 11 is 0. The van der Waals surface area contributed by atoms with Crippen LogP contribution in [0.3, 0.4) is 0 Å². The number of rotatable bonds is 6. The first kappa shape index (κ1) is 15.9. The molecule has 0 aromatic rings. The number of hydrogen-bond acceptors (Lipinski definition) is 2. The van der Waals surface area contributed by atoms with E-state index in [1.165, 1.54) is 0 Å². The monoisotopic (exact) mass is 243 g/mol. The molecule has 0 heterocycles. The summed E-state index contributed by atoms with van der Waals surface area (Å²) in [5.41, 5.74) is 0.0914. The van der Waals surface area contributed by atoms with Crippen LogP contribution in [0.5, 0.6) is 0 Å². The summed E-state index contributed by atoms with van der Waals surface area (Å²) in [5, 5.41) is 11.6. The second-order valence-electron chi connectivity index (χ2n) is 6.15. The Morgan fingerprint density at radius 3 is 2.12 bits per heavy atom. The maximum Gasteiger partial charge on any atom is 0.326 e. The molecule has 0 rings (SSSR count). The molecule has 4 nitrogen and oxygen atoms in total. The standard InChI is InChI=1S/C13H25NO3/c1-9(2)8-10(12(16)17)14-11(15)6-7-13(3,4)5/h9-10H,6-8H2,1-5H3,(H,14,15)(H,16,17)/t10-/m0/s1. The fourth-order valence-corrected chi connectivity index (χ4v) is 1.45. The molecule has 4 heteroatoms. The minimum atomic E-state index is -0.956. The van der Waals surface area contributed by atoms with Crippen molar-refractivity contribution >= 4 is 11.9 Å². The van der Waals surface area contributed by atoms with Crippen LogP contribution < -0.4 is 5.32 Å². The molecule has 0 aliphatic carbocycles. The average molecular weight is 243 g/mol. The van der Waals surface area contributed by atoms with E-state index in [-0.39, 0.29) is 17.2 Å². The largest absolute Gasteiger partial charge is 0.480 e. The van der Waals surface area contributed by atoms with Crippen LogP contribution in [-0.2, 0) is 9.59 Å². The number of amides is 1. The van der Waals surface area contributed by atoms with E-state index >= 15 is 0 Å². The third-order valence-electron chi connectivity index (χ3n) is 2.44. The summed E-state index contributed by atoms with van der Waals surface area (Å²) in [7, 11) is 0. The van der Waals surface area contributed by atoms with Gasteiger partial charge in [0.2, 0.25) is 5.91 Å². The summed E-state index contributed by atoms with van der Waals surface area (Å²) in [5.74, 6) is -0.880. The van der Waals surface area contributed by atoms with Crippen molar-refractivity contribution in [2.24, 2.45) is 11.3 Å². The molecule has 1 atom stereocenters. The zero-order chi connectivity index (χ0) is 13.6. The third-order valence-corrected chi connectivity index (χ3v) is 2.44. The molecular formula is C13H25NO3. The molecular weight excluding hydrogens is 218 g/mol. The van der Waals surface area contributed by atoms with Gasteiger partial charge in [-0.3, -0.25) is 4.79 Å². The van der Waals surface area contributed by atoms with Gasteiger partial charge in [0.1, 0.15) is 6.04 Å². The Kier molecular flexibility index (Phi) is 6.21. The fraction of sp³-hybridized carbons (Fsp3) is 0.846. The number of hydrogen-bond donors (Lipinski definition) is 2. The van der Waals surface area contributed by atoms with Gasteiger partial charge >= 0.3 is 5.97 Å². The summed E-state index contributed by atoms with van der Waals surface area (Å²) in [6.45, 7) is 10.1. The van der Waals surface area contributed by atoms with E-state index in [1.54, 1.807) is 0 Å². The predicted molar refractivity (Wildman–Crippen MR) is 67.7 cm³/mol. The lowest BCUT2D eigenvalue weighted by Gasteiger charge is -2.20. The molecule has 2 N–H and O–H groups in total.